The largest absolute Gasteiger partial charge is 0.390 e. The maximum atomic E-state index is 10.4. The lowest BCUT2D eigenvalue weighted by Gasteiger charge is -2.64. The van der Waals surface area contributed by atoms with Crippen molar-refractivity contribution >= 4 is 0 Å². The molecule has 4 saturated carbocycles. The minimum Gasteiger partial charge on any atom is -0.390 e. The number of hydrogen-bond donors (Lipinski definition) is 3. The van der Waals surface area contributed by atoms with Gasteiger partial charge in [-0.15, -0.1) is 0 Å². The van der Waals surface area contributed by atoms with Gasteiger partial charge in [-0.05, 0) is 99.2 Å². The van der Waals surface area contributed by atoms with Gasteiger partial charge < -0.3 is 25.4 Å². The van der Waals surface area contributed by atoms with Crippen LogP contribution in [0, 0.1) is 34.5 Å². The molecule has 12 unspecified atom stereocenters. The second kappa shape index (κ2) is 7.66. The summed E-state index contributed by atoms with van der Waals surface area (Å²) in [7, 11) is 0. The molecule has 0 amide bonds. The molecule has 0 aromatic rings. The summed E-state index contributed by atoms with van der Waals surface area (Å²) in [4.78, 5) is 0. The molecule has 0 aromatic heterocycles. The number of aliphatic hydroxyl groups is 2. The Morgan fingerprint density at radius 2 is 1.65 bits per heavy atom. The van der Waals surface area contributed by atoms with Crippen LogP contribution >= 0.6 is 0 Å². The van der Waals surface area contributed by atoms with E-state index in [1.165, 1.54) is 44.9 Å². The summed E-state index contributed by atoms with van der Waals surface area (Å²) in [5.41, 5.74) is 8.02. The van der Waals surface area contributed by atoms with Gasteiger partial charge in [-0.1, -0.05) is 20.8 Å². The lowest BCUT2D eigenvalue weighted by atomic mass is 9.42. The van der Waals surface area contributed by atoms with Gasteiger partial charge >= 0.3 is 0 Å². The first kappa shape index (κ1) is 22.6. The van der Waals surface area contributed by atoms with Gasteiger partial charge in [0, 0.05) is 12.0 Å². The number of fused-ring (bicyclic) bond motifs is 5. The smallest absolute Gasteiger partial charge is 0.184 e. The van der Waals surface area contributed by atoms with Crippen LogP contribution in [0.15, 0.2) is 0 Å². The van der Waals surface area contributed by atoms with Gasteiger partial charge in [0.2, 0.25) is 0 Å². The van der Waals surface area contributed by atoms with E-state index >= 15 is 0 Å². The molecule has 0 aromatic carbocycles. The van der Waals surface area contributed by atoms with Gasteiger partial charge in [-0.3, -0.25) is 0 Å². The third-order valence-corrected chi connectivity index (χ3v) is 11.4. The molecule has 31 heavy (non-hydrogen) atoms. The Morgan fingerprint density at radius 3 is 2.42 bits per heavy atom. The van der Waals surface area contributed by atoms with Crippen molar-refractivity contribution in [3.05, 3.63) is 0 Å². The summed E-state index contributed by atoms with van der Waals surface area (Å²) >= 11 is 0. The Labute approximate surface area is 188 Å². The molecule has 1 aliphatic heterocycles. The van der Waals surface area contributed by atoms with E-state index in [4.69, 9.17) is 15.2 Å². The van der Waals surface area contributed by atoms with Crippen molar-refractivity contribution in [1.29, 1.82) is 0 Å². The molecule has 12 atom stereocenters. The van der Waals surface area contributed by atoms with Crippen LogP contribution in [0.4, 0.5) is 0 Å². The highest BCUT2D eigenvalue weighted by Gasteiger charge is 2.65. The molecular formula is C26H45NO4. The fraction of sp³-hybridized carbons (Fsp3) is 1.00. The Morgan fingerprint density at radius 1 is 0.871 bits per heavy atom. The van der Waals surface area contributed by atoms with Gasteiger partial charge in [0.1, 0.15) is 6.10 Å². The zero-order valence-electron chi connectivity index (χ0n) is 20.1. The van der Waals surface area contributed by atoms with Gasteiger partial charge in [0.05, 0.1) is 18.3 Å². The van der Waals surface area contributed by atoms with Crippen LogP contribution < -0.4 is 5.73 Å². The maximum Gasteiger partial charge on any atom is 0.184 e. The van der Waals surface area contributed by atoms with Crippen molar-refractivity contribution < 1.29 is 19.7 Å². The monoisotopic (exact) mass is 435 g/mol. The van der Waals surface area contributed by atoms with Crippen molar-refractivity contribution in [1.82, 2.24) is 0 Å². The third-order valence-electron chi connectivity index (χ3n) is 11.4. The molecule has 0 bridgehead atoms. The molecule has 5 fully saturated rings. The van der Waals surface area contributed by atoms with Crippen molar-refractivity contribution in [3.63, 3.8) is 0 Å². The number of ether oxygens (including phenoxy) is 2. The van der Waals surface area contributed by atoms with Crippen molar-refractivity contribution in [2.45, 2.75) is 128 Å². The molecule has 4 aliphatic carbocycles. The average molecular weight is 436 g/mol. The standard InChI is InChI=1S/C26H45NO4/c1-15-7-12-26(27)20-6-5-17-13-18(31-23-22(29)14-21(28)16(2)30-23)8-10-24(17,3)19(20)9-11-25(15,26)4/h15-23,28-29H,5-14,27H2,1-4H3. The Kier molecular flexibility index (Phi) is 5.58. The van der Waals surface area contributed by atoms with E-state index in [-0.39, 0.29) is 17.7 Å². The molecule has 1 heterocycles. The normalized spacial score (nSPS) is 59.5. The number of hydrogen-bond acceptors (Lipinski definition) is 5. The quantitative estimate of drug-likeness (QED) is 0.571. The number of aliphatic hydroxyl groups excluding tert-OH is 2. The van der Waals surface area contributed by atoms with E-state index in [1.54, 1.807) is 0 Å². The summed E-state index contributed by atoms with van der Waals surface area (Å²) < 4.78 is 12.1. The average Bonchev–Trinajstić information content (AvgIpc) is 2.97. The SMILES string of the molecule is CC1OC(OC2CCC3(C)C(CCC4C3CCC3(C)C(C)CCC43N)C2)C(O)CC1O. The van der Waals surface area contributed by atoms with Crippen LogP contribution in [0.3, 0.4) is 0 Å². The lowest BCUT2D eigenvalue weighted by Crippen LogP contribution is -2.66. The molecule has 5 nitrogen and oxygen atoms in total. The first-order valence-electron chi connectivity index (χ1n) is 13.0. The molecule has 5 rings (SSSR count). The van der Waals surface area contributed by atoms with Crippen LogP contribution in [-0.2, 0) is 9.47 Å². The summed E-state index contributed by atoms with van der Waals surface area (Å²) in [5.74, 6) is 2.82. The summed E-state index contributed by atoms with van der Waals surface area (Å²) in [6, 6.07) is 0. The van der Waals surface area contributed by atoms with Crippen molar-refractivity contribution in [2.75, 3.05) is 0 Å². The molecule has 0 radical (unpaired) electrons. The molecule has 178 valence electrons. The third kappa shape index (κ3) is 3.28. The Hall–Kier alpha value is -0.200. The van der Waals surface area contributed by atoms with E-state index in [0.717, 1.165) is 24.7 Å². The molecule has 1 saturated heterocycles. The van der Waals surface area contributed by atoms with Crippen molar-refractivity contribution in [3.8, 4) is 0 Å². The predicted molar refractivity (Wildman–Crippen MR) is 120 cm³/mol. The fourth-order valence-corrected chi connectivity index (χ4v) is 8.95. The minimum absolute atomic E-state index is 0.0215. The lowest BCUT2D eigenvalue weighted by molar-refractivity contribution is -0.283. The minimum atomic E-state index is -0.743. The first-order valence-corrected chi connectivity index (χ1v) is 13.0. The zero-order valence-corrected chi connectivity index (χ0v) is 20.1. The van der Waals surface area contributed by atoms with E-state index in [0.29, 0.717) is 29.1 Å². The number of nitrogens with two attached hydrogens (primary N) is 1. The fourth-order valence-electron chi connectivity index (χ4n) is 8.95. The molecule has 0 spiro atoms. The van der Waals surface area contributed by atoms with Crippen molar-refractivity contribution in [2.24, 2.45) is 40.2 Å². The second-order valence-corrected chi connectivity index (χ2v) is 12.5. The molecule has 4 N–H and O–H groups in total. The number of rotatable bonds is 2. The Bertz CT molecular complexity index is 688. The topological polar surface area (TPSA) is 84.9 Å². The summed E-state index contributed by atoms with van der Waals surface area (Å²) in [6.45, 7) is 9.34. The molecular weight excluding hydrogens is 390 g/mol. The van der Waals surface area contributed by atoms with Gasteiger partial charge in [-0.2, -0.15) is 0 Å². The Balaban J connectivity index is 1.28. The summed E-state index contributed by atoms with van der Waals surface area (Å²) in [5, 5.41) is 20.3. The van der Waals surface area contributed by atoms with Crippen LogP contribution in [0.2, 0.25) is 0 Å². The molecule has 5 aliphatic rings. The second-order valence-electron chi connectivity index (χ2n) is 12.5. The maximum absolute atomic E-state index is 10.4. The highest BCUT2D eigenvalue weighted by atomic mass is 16.7. The van der Waals surface area contributed by atoms with E-state index in [9.17, 15) is 10.2 Å². The van der Waals surface area contributed by atoms with Crippen LogP contribution in [0.25, 0.3) is 0 Å². The van der Waals surface area contributed by atoms with E-state index in [2.05, 4.69) is 20.8 Å². The van der Waals surface area contributed by atoms with E-state index < -0.39 is 18.5 Å². The van der Waals surface area contributed by atoms with Gasteiger partial charge in [0.15, 0.2) is 6.29 Å². The first-order chi connectivity index (χ1) is 14.6. The van der Waals surface area contributed by atoms with Gasteiger partial charge in [-0.25, -0.2) is 0 Å². The van der Waals surface area contributed by atoms with Gasteiger partial charge in [0.25, 0.3) is 0 Å². The highest BCUT2D eigenvalue weighted by Crippen LogP contribution is 2.68. The highest BCUT2D eigenvalue weighted by molar-refractivity contribution is 5.18. The van der Waals surface area contributed by atoms with Crippen LogP contribution in [0.5, 0.6) is 0 Å². The predicted octanol–water partition coefficient (Wildman–Crippen LogP) is 3.99. The van der Waals surface area contributed by atoms with Crippen LogP contribution in [-0.4, -0.2) is 46.5 Å². The summed E-state index contributed by atoms with van der Waals surface area (Å²) in [6.07, 6.45) is 9.16. The zero-order chi connectivity index (χ0) is 22.2. The van der Waals surface area contributed by atoms with E-state index in [1.807, 2.05) is 6.92 Å². The van der Waals surface area contributed by atoms with Crippen LogP contribution in [0.1, 0.15) is 91.9 Å². The molecule has 5 heteroatoms.